The molecule has 6 N–H and O–H groups in total. The fourth-order valence-electron chi connectivity index (χ4n) is 7.20. The number of anilines is 2. The van der Waals surface area contributed by atoms with Crippen molar-refractivity contribution >= 4 is 47.3 Å². The van der Waals surface area contributed by atoms with Crippen molar-refractivity contribution < 1.29 is 61.9 Å². The lowest BCUT2D eigenvalue weighted by atomic mass is 10.0. The van der Waals surface area contributed by atoms with Crippen molar-refractivity contribution in [2.24, 2.45) is 0 Å². The molecule has 24 nitrogen and oxygen atoms in total. The Labute approximate surface area is 440 Å². The Morgan fingerprint density at radius 1 is 0.737 bits per heavy atom. The first-order chi connectivity index (χ1) is 36.7. The van der Waals surface area contributed by atoms with E-state index in [1.165, 1.54) is 31.7 Å². The highest BCUT2D eigenvalue weighted by Crippen LogP contribution is 2.38. The molecule has 0 fully saturated rings. The quantitative estimate of drug-likeness (QED) is 0.0289. The maximum absolute atomic E-state index is 14.1. The van der Waals surface area contributed by atoms with Gasteiger partial charge in [-0.05, 0) is 64.2 Å². The first-order valence-corrected chi connectivity index (χ1v) is 24.8. The number of hydrogen-bond acceptors (Lipinski definition) is 18. The summed E-state index contributed by atoms with van der Waals surface area (Å²) >= 11 is 0. The maximum atomic E-state index is 14.1. The molecule has 0 saturated heterocycles. The molecule has 408 valence electrons. The second-order valence-corrected chi connectivity index (χ2v) is 17.9. The van der Waals surface area contributed by atoms with Crippen LogP contribution in [0.5, 0.6) is 11.5 Å². The highest BCUT2D eigenvalue weighted by Gasteiger charge is 2.28. The zero-order valence-electron chi connectivity index (χ0n) is 43.2. The van der Waals surface area contributed by atoms with Crippen molar-refractivity contribution in [1.29, 1.82) is 5.26 Å². The lowest BCUT2D eigenvalue weighted by Gasteiger charge is -2.24. The monoisotopic (exact) mass is 1050 g/mol. The molecule has 2 aromatic carbocycles. The summed E-state index contributed by atoms with van der Waals surface area (Å²) in [7, 11) is 1.54. The number of benzene rings is 2. The van der Waals surface area contributed by atoms with Gasteiger partial charge in [0, 0.05) is 37.7 Å². The Kier molecular flexibility index (Phi) is 24.6. The zero-order valence-corrected chi connectivity index (χ0v) is 43.2. The molecule has 1 aliphatic heterocycles. The van der Waals surface area contributed by atoms with Crippen molar-refractivity contribution in [1.82, 2.24) is 46.3 Å². The van der Waals surface area contributed by atoms with Gasteiger partial charge in [0.2, 0.25) is 17.7 Å². The van der Waals surface area contributed by atoms with Gasteiger partial charge in [-0.3, -0.25) is 34.0 Å². The molecule has 0 aliphatic carbocycles. The first kappa shape index (κ1) is 58.9. The van der Waals surface area contributed by atoms with Crippen LogP contribution in [0.2, 0.25) is 0 Å². The van der Waals surface area contributed by atoms with Crippen LogP contribution >= 0.6 is 0 Å². The zero-order chi connectivity index (χ0) is 54.5. The SMILES string of the molecule is COc1cccc(OCCCNC(=O)[C@H](CCCCNC(=O)OC(C)(C)C)NC(=O)[C@H](Cc2ccccc2)NC(=O)COCCOCCOCCOCCN2C(=O)C=CC2=O)c1-c1cc(Nc2cnc(C#N)cn2)n[nH]1. The van der Waals surface area contributed by atoms with Gasteiger partial charge in [-0.25, -0.2) is 14.8 Å². The van der Waals surface area contributed by atoms with Gasteiger partial charge in [0.15, 0.2) is 11.5 Å². The van der Waals surface area contributed by atoms with Crippen LogP contribution in [0.25, 0.3) is 11.3 Å². The average Bonchev–Trinajstić information content (AvgIpc) is 4.00. The maximum Gasteiger partial charge on any atom is 0.407 e. The van der Waals surface area contributed by atoms with Gasteiger partial charge in [0.25, 0.3) is 11.8 Å². The summed E-state index contributed by atoms with van der Waals surface area (Å²) in [4.78, 5) is 85.8. The summed E-state index contributed by atoms with van der Waals surface area (Å²) in [5.41, 5.74) is 1.46. The van der Waals surface area contributed by atoms with Crippen LogP contribution in [0.4, 0.5) is 16.4 Å². The van der Waals surface area contributed by atoms with Gasteiger partial charge in [0.1, 0.15) is 47.7 Å². The van der Waals surface area contributed by atoms with Crippen LogP contribution in [0.3, 0.4) is 0 Å². The normalized spacial score (nSPS) is 12.9. The number of methoxy groups -OCH3 is 1. The third-order valence-corrected chi connectivity index (χ3v) is 10.8. The number of aromatic nitrogens is 4. The second kappa shape index (κ2) is 31.7. The van der Waals surface area contributed by atoms with Crippen molar-refractivity contribution in [3.05, 3.63) is 90.4 Å². The van der Waals surface area contributed by atoms with Crippen molar-refractivity contribution in [3.8, 4) is 28.8 Å². The molecule has 24 heteroatoms. The summed E-state index contributed by atoms with van der Waals surface area (Å²) < 4.78 is 39.1. The number of imide groups is 1. The van der Waals surface area contributed by atoms with Crippen LogP contribution in [0, 0.1) is 11.3 Å². The Morgan fingerprint density at radius 3 is 2.09 bits per heavy atom. The number of carbonyl (C=O) groups excluding carboxylic acids is 6. The van der Waals surface area contributed by atoms with Crippen molar-refractivity contribution in [2.75, 3.05) is 91.5 Å². The summed E-state index contributed by atoms with van der Waals surface area (Å²) in [6, 6.07) is 16.1. The molecule has 76 heavy (non-hydrogen) atoms. The van der Waals surface area contributed by atoms with E-state index >= 15 is 0 Å². The van der Waals surface area contributed by atoms with Crippen LogP contribution in [0.1, 0.15) is 57.7 Å². The number of nitrogens with one attached hydrogen (secondary N) is 6. The molecule has 4 aromatic rings. The number of carbonyl (C=O) groups is 6. The van der Waals surface area contributed by atoms with Crippen molar-refractivity contribution in [3.63, 3.8) is 0 Å². The Hall–Kier alpha value is -7.98. The summed E-state index contributed by atoms with van der Waals surface area (Å²) in [5, 5.41) is 30.6. The molecule has 5 rings (SSSR count). The number of amides is 6. The molecular formula is C52H67N11O13. The third kappa shape index (κ3) is 21.1. The smallest absolute Gasteiger partial charge is 0.407 e. The fraction of sp³-hybridized carbons (Fsp3) is 0.462. The van der Waals surface area contributed by atoms with Crippen LogP contribution in [-0.4, -0.2) is 165 Å². The third-order valence-electron chi connectivity index (χ3n) is 10.8. The molecule has 0 radical (unpaired) electrons. The molecular weight excluding hydrogens is 987 g/mol. The van der Waals surface area contributed by atoms with Gasteiger partial charge in [-0.15, -0.1) is 0 Å². The van der Waals surface area contributed by atoms with E-state index in [1.54, 1.807) is 45.0 Å². The van der Waals surface area contributed by atoms with Crippen LogP contribution < -0.4 is 36.1 Å². The minimum Gasteiger partial charge on any atom is -0.496 e. The number of aromatic amines is 1. The number of nitriles is 1. The van der Waals surface area contributed by atoms with E-state index in [-0.39, 0.29) is 109 Å². The second-order valence-electron chi connectivity index (χ2n) is 17.9. The van der Waals surface area contributed by atoms with E-state index in [2.05, 4.69) is 46.7 Å². The minimum absolute atomic E-state index is 0.0901. The predicted molar refractivity (Wildman–Crippen MR) is 275 cm³/mol. The molecule has 0 bridgehead atoms. The molecule has 0 spiro atoms. The predicted octanol–water partition coefficient (Wildman–Crippen LogP) is 3.27. The number of nitrogens with zero attached hydrogens (tertiary/aromatic N) is 5. The van der Waals surface area contributed by atoms with Crippen LogP contribution in [-0.2, 0) is 54.1 Å². The van der Waals surface area contributed by atoms with Gasteiger partial charge in [-0.2, -0.15) is 10.4 Å². The number of rotatable bonds is 34. The number of H-pyrrole nitrogens is 1. The van der Waals surface area contributed by atoms with E-state index in [0.717, 1.165) is 10.5 Å². The Bertz CT molecular complexity index is 2550. The van der Waals surface area contributed by atoms with E-state index in [0.29, 0.717) is 53.7 Å². The summed E-state index contributed by atoms with van der Waals surface area (Å²) in [6.07, 6.45) is 6.29. The van der Waals surface area contributed by atoms with E-state index in [1.807, 2.05) is 36.4 Å². The average molecular weight is 1050 g/mol. The lowest BCUT2D eigenvalue weighted by molar-refractivity contribution is -0.137. The number of ether oxygens (including phenoxy) is 7. The fourth-order valence-corrected chi connectivity index (χ4v) is 7.20. The number of hydrogen-bond donors (Lipinski definition) is 6. The molecule has 3 heterocycles. The highest BCUT2D eigenvalue weighted by atomic mass is 16.6. The Morgan fingerprint density at radius 2 is 1.42 bits per heavy atom. The number of unbranched alkanes of at least 4 members (excludes halogenated alkanes) is 1. The van der Waals surface area contributed by atoms with Gasteiger partial charge in [-0.1, -0.05) is 36.4 Å². The molecule has 0 unspecified atom stereocenters. The van der Waals surface area contributed by atoms with Crippen LogP contribution in [0.15, 0.2) is 79.1 Å². The molecule has 0 saturated carbocycles. The minimum atomic E-state index is -1.07. The number of alkyl carbamates (subject to hydrolysis) is 1. The van der Waals surface area contributed by atoms with Gasteiger partial charge >= 0.3 is 6.09 Å². The first-order valence-electron chi connectivity index (χ1n) is 24.8. The van der Waals surface area contributed by atoms with Crippen molar-refractivity contribution in [2.45, 2.75) is 70.6 Å². The summed E-state index contributed by atoms with van der Waals surface area (Å²) in [6.45, 7) is 7.32. The highest BCUT2D eigenvalue weighted by molar-refractivity contribution is 6.12. The summed E-state index contributed by atoms with van der Waals surface area (Å²) in [5.74, 6) is -0.482. The van der Waals surface area contributed by atoms with E-state index in [9.17, 15) is 28.8 Å². The largest absolute Gasteiger partial charge is 0.496 e. The topological polar surface area (TPSA) is 309 Å². The van der Waals surface area contributed by atoms with E-state index in [4.69, 9.17) is 38.4 Å². The molecule has 2 aromatic heterocycles. The van der Waals surface area contributed by atoms with E-state index < -0.39 is 41.5 Å². The van der Waals surface area contributed by atoms with Gasteiger partial charge < -0.3 is 59.7 Å². The Balaban J connectivity index is 1.10. The molecule has 6 amide bonds. The standard InChI is InChI=1S/C52H67N11O13/c1-52(2,3)76-51(69)55-19-9-8-14-38(49(67)54-20-11-22-75-42-16-10-15-41(70-4)48(42)39-31-43(62-61-39)60-44-34-56-37(32-53)33-57-44)59-50(68)40(30-36-12-6-5-7-13-36)58-45(64)35-74-29-28-73-27-26-72-25-24-71-23-21-63-46(65)17-18-47(63)66/h5-7,10,12-13,15-18,31,33-34,38,40H,8-9,11,14,19-30,35H2,1-4H3,(H,54,67)(H,55,69)(H,58,64)(H,59,68)(H2,57,60,61,62)/t38-,40-/m0/s1. The molecule has 1 aliphatic rings. The lowest BCUT2D eigenvalue weighted by Crippen LogP contribution is -2.55. The molecule has 2 atom stereocenters. The van der Waals surface area contributed by atoms with Gasteiger partial charge in [0.05, 0.1) is 90.2 Å².